The number of carbonyl (C=O) groups is 3. The van der Waals surface area contributed by atoms with Crippen molar-refractivity contribution in [2.75, 3.05) is 29.3 Å². The molecular weight excluding hydrogens is 516 g/mol. The molecule has 2 fully saturated rings. The van der Waals surface area contributed by atoms with Gasteiger partial charge in [0.25, 0.3) is 5.69 Å². The molecule has 3 amide bonds. The van der Waals surface area contributed by atoms with E-state index < -0.39 is 46.6 Å². The van der Waals surface area contributed by atoms with E-state index in [-0.39, 0.29) is 11.4 Å². The smallest absolute Gasteiger partial charge is 0.269 e. The van der Waals surface area contributed by atoms with E-state index in [4.69, 9.17) is 9.47 Å². The second-order valence-corrected chi connectivity index (χ2v) is 9.65. The number of hydrogen-bond acceptors (Lipinski definition) is 8. The molecule has 0 aliphatic carbocycles. The first-order valence-corrected chi connectivity index (χ1v) is 12.5. The topological polar surface area (TPSA) is 131 Å². The summed E-state index contributed by atoms with van der Waals surface area (Å²) >= 11 is 0. The summed E-state index contributed by atoms with van der Waals surface area (Å²) in [6, 6.07) is 16.1. The van der Waals surface area contributed by atoms with Crippen molar-refractivity contribution >= 4 is 46.5 Å². The predicted molar refractivity (Wildman–Crippen MR) is 146 cm³/mol. The molecule has 202 valence electrons. The number of methoxy groups -OCH3 is 2. The largest absolute Gasteiger partial charge is 0.497 e. The fourth-order valence-electron chi connectivity index (χ4n) is 5.91. The van der Waals surface area contributed by atoms with Crippen LogP contribution >= 0.6 is 0 Å². The second-order valence-electron chi connectivity index (χ2n) is 9.65. The number of nitro groups is 1. The number of imide groups is 1. The van der Waals surface area contributed by atoms with Crippen molar-refractivity contribution in [2.24, 2.45) is 11.8 Å². The maximum absolute atomic E-state index is 14.1. The number of nitrogens with one attached hydrogen (secondary N) is 1. The van der Waals surface area contributed by atoms with Crippen molar-refractivity contribution in [2.45, 2.75) is 12.1 Å². The molecule has 0 aromatic heterocycles. The first-order valence-electron chi connectivity index (χ1n) is 12.5. The van der Waals surface area contributed by atoms with Crippen LogP contribution in [0.5, 0.6) is 11.5 Å². The zero-order valence-electron chi connectivity index (χ0n) is 21.5. The van der Waals surface area contributed by atoms with E-state index in [0.717, 1.165) is 16.2 Å². The molecule has 3 aliphatic rings. The Labute approximate surface area is 228 Å². The van der Waals surface area contributed by atoms with Gasteiger partial charge in [0.05, 0.1) is 48.4 Å². The molecule has 0 radical (unpaired) electrons. The average Bonchev–Trinajstić information content (AvgIpc) is 3.45. The Morgan fingerprint density at radius 2 is 1.68 bits per heavy atom. The predicted octanol–water partition coefficient (Wildman–Crippen LogP) is 3.64. The molecule has 0 bridgehead atoms. The molecule has 6 rings (SSSR count). The molecule has 4 atom stereocenters. The average molecular weight is 541 g/mol. The summed E-state index contributed by atoms with van der Waals surface area (Å²) in [5, 5.41) is 14.0. The molecule has 2 saturated heterocycles. The van der Waals surface area contributed by atoms with Gasteiger partial charge in [-0.2, -0.15) is 0 Å². The Bertz CT molecular complexity index is 1590. The van der Waals surface area contributed by atoms with Gasteiger partial charge < -0.3 is 19.7 Å². The molecule has 0 saturated carbocycles. The molecule has 0 unspecified atom stereocenters. The first-order chi connectivity index (χ1) is 19.3. The van der Waals surface area contributed by atoms with Gasteiger partial charge in [-0.25, -0.2) is 4.90 Å². The van der Waals surface area contributed by atoms with Crippen molar-refractivity contribution in [1.29, 1.82) is 0 Å². The Morgan fingerprint density at radius 3 is 2.38 bits per heavy atom. The Kier molecular flexibility index (Phi) is 5.98. The number of nitro benzene ring substituents is 1. The number of hydrogen-bond donors (Lipinski definition) is 1. The zero-order chi connectivity index (χ0) is 28.1. The van der Waals surface area contributed by atoms with Crippen molar-refractivity contribution in [3.8, 4) is 11.5 Å². The fraction of sp³-hybridized carbons (Fsp3) is 0.207. The lowest BCUT2D eigenvalue weighted by Gasteiger charge is -2.36. The third kappa shape index (κ3) is 3.77. The number of ether oxygens (including phenoxy) is 2. The summed E-state index contributed by atoms with van der Waals surface area (Å²) < 4.78 is 10.7. The van der Waals surface area contributed by atoms with Gasteiger partial charge in [-0.3, -0.25) is 24.5 Å². The lowest BCUT2D eigenvalue weighted by atomic mass is 9.88. The van der Waals surface area contributed by atoms with E-state index in [1.54, 1.807) is 18.2 Å². The van der Waals surface area contributed by atoms with Crippen molar-refractivity contribution < 1.29 is 28.8 Å². The van der Waals surface area contributed by atoms with Gasteiger partial charge in [-0.05, 0) is 35.9 Å². The van der Waals surface area contributed by atoms with Gasteiger partial charge in [0, 0.05) is 23.9 Å². The van der Waals surface area contributed by atoms with E-state index >= 15 is 0 Å². The maximum atomic E-state index is 14.1. The van der Waals surface area contributed by atoms with Gasteiger partial charge in [0.1, 0.15) is 17.5 Å². The quantitative estimate of drug-likeness (QED) is 0.285. The minimum absolute atomic E-state index is 0.162. The lowest BCUT2D eigenvalue weighted by molar-refractivity contribution is -0.384. The minimum atomic E-state index is -1.03. The van der Waals surface area contributed by atoms with Crippen LogP contribution in [0.25, 0.3) is 6.08 Å². The number of non-ortho nitro benzene ring substituents is 1. The maximum Gasteiger partial charge on any atom is 0.269 e. The molecule has 3 aliphatic heterocycles. The first kappa shape index (κ1) is 25.1. The molecule has 3 aromatic rings. The normalized spacial score (nSPS) is 22.4. The highest BCUT2D eigenvalue weighted by molar-refractivity contribution is 6.25. The number of amides is 3. The third-order valence-corrected chi connectivity index (χ3v) is 7.67. The number of benzene rings is 3. The monoisotopic (exact) mass is 540 g/mol. The fourth-order valence-corrected chi connectivity index (χ4v) is 5.91. The van der Waals surface area contributed by atoms with E-state index in [1.807, 2.05) is 41.3 Å². The Balaban J connectivity index is 1.42. The summed E-state index contributed by atoms with van der Waals surface area (Å²) in [6.45, 7) is 0. The highest BCUT2D eigenvalue weighted by Crippen LogP contribution is 2.49. The van der Waals surface area contributed by atoms with Crippen molar-refractivity contribution in [3.05, 3.63) is 88.5 Å². The SMILES string of the molecule is COc1ccc(OC)c(NC(=O)[C@@H]2[C@@H]3C(=O)N(c4ccc([N+](=O)[O-])cc4)C(=O)[C@H]3[C@@H]3C=Cc4ccccc4N23)c1. The van der Waals surface area contributed by atoms with Crippen LogP contribution in [0.1, 0.15) is 5.56 Å². The number of rotatable bonds is 6. The van der Waals surface area contributed by atoms with Crippen LogP contribution in [-0.4, -0.2) is 48.9 Å². The molecular formula is C29H24N4O7. The summed E-state index contributed by atoms with van der Waals surface area (Å²) in [7, 11) is 2.98. The van der Waals surface area contributed by atoms with Crippen LogP contribution in [0.3, 0.4) is 0 Å². The minimum Gasteiger partial charge on any atom is -0.497 e. The molecule has 3 aromatic carbocycles. The molecule has 3 heterocycles. The highest BCUT2D eigenvalue weighted by Gasteiger charge is 2.64. The van der Waals surface area contributed by atoms with Crippen LogP contribution in [0.4, 0.5) is 22.7 Å². The van der Waals surface area contributed by atoms with Crippen LogP contribution in [0.2, 0.25) is 0 Å². The summed E-state index contributed by atoms with van der Waals surface area (Å²) in [5.74, 6) is -2.42. The van der Waals surface area contributed by atoms with E-state index in [1.165, 1.54) is 38.5 Å². The number of anilines is 3. The van der Waals surface area contributed by atoms with Crippen molar-refractivity contribution in [1.82, 2.24) is 0 Å². The lowest BCUT2D eigenvalue weighted by Crippen LogP contribution is -2.50. The van der Waals surface area contributed by atoms with E-state index in [0.29, 0.717) is 17.2 Å². The summed E-state index contributed by atoms with van der Waals surface area (Å²) in [6.07, 6.45) is 3.75. The van der Waals surface area contributed by atoms with Gasteiger partial charge in [-0.15, -0.1) is 0 Å². The number of carbonyl (C=O) groups excluding carboxylic acids is 3. The zero-order valence-corrected chi connectivity index (χ0v) is 21.5. The standard InChI is InChI=1S/C29H24N4O7/c1-39-19-12-14-23(40-2)20(15-19)30-27(34)26-25-24(22-13-7-16-5-3-4-6-21(16)32(22)26)28(35)31(29(25)36)17-8-10-18(11-9-17)33(37)38/h3-15,22,24-26H,1-2H3,(H,30,34)/t22-,24-,25+,26-/m0/s1. The molecule has 11 heteroatoms. The van der Waals surface area contributed by atoms with Crippen LogP contribution in [0.15, 0.2) is 72.8 Å². The van der Waals surface area contributed by atoms with Gasteiger partial charge in [0.2, 0.25) is 17.7 Å². The number of nitrogens with zero attached hydrogens (tertiary/aromatic N) is 3. The molecule has 40 heavy (non-hydrogen) atoms. The van der Waals surface area contributed by atoms with E-state index in [2.05, 4.69) is 5.32 Å². The number of para-hydroxylation sites is 1. The molecule has 1 N–H and O–H groups in total. The van der Waals surface area contributed by atoms with Crippen LogP contribution in [-0.2, 0) is 14.4 Å². The van der Waals surface area contributed by atoms with Crippen molar-refractivity contribution in [3.63, 3.8) is 0 Å². The molecule has 11 nitrogen and oxygen atoms in total. The van der Waals surface area contributed by atoms with Crippen LogP contribution in [0, 0.1) is 22.0 Å². The van der Waals surface area contributed by atoms with E-state index in [9.17, 15) is 24.5 Å². The Morgan fingerprint density at radius 1 is 0.950 bits per heavy atom. The van der Waals surface area contributed by atoms with Gasteiger partial charge in [-0.1, -0.05) is 30.4 Å². The highest BCUT2D eigenvalue weighted by atomic mass is 16.6. The van der Waals surface area contributed by atoms with Gasteiger partial charge >= 0.3 is 0 Å². The van der Waals surface area contributed by atoms with Gasteiger partial charge in [0.15, 0.2) is 0 Å². The number of fused-ring (bicyclic) bond motifs is 5. The summed E-state index contributed by atoms with van der Waals surface area (Å²) in [5.41, 5.74) is 2.02. The Hall–Kier alpha value is -5.19. The second kappa shape index (κ2) is 9.53. The third-order valence-electron chi connectivity index (χ3n) is 7.67. The van der Waals surface area contributed by atoms with Crippen LogP contribution < -0.4 is 24.6 Å². The summed E-state index contributed by atoms with van der Waals surface area (Å²) in [4.78, 5) is 55.3. The molecule has 0 spiro atoms.